The van der Waals surface area contributed by atoms with E-state index >= 15 is 0 Å². The lowest BCUT2D eigenvalue weighted by molar-refractivity contribution is -0.117. The average molecular weight is 500 g/mol. The molecule has 0 spiro atoms. The molecule has 0 aromatic heterocycles. The zero-order chi connectivity index (χ0) is 26.0. The predicted molar refractivity (Wildman–Crippen MR) is 147 cm³/mol. The Balaban J connectivity index is 1.36. The first-order valence-electron chi connectivity index (χ1n) is 12.5. The summed E-state index contributed by atoms with van der Waals surface area (Å²) in [6.07, 6.45) is 0.822. The lowest BCUT2D eigenvalue weighted by Crippen LogP contribution is -2.52. The number of rotatable bonds is 8. The minimum atomic E-state index is -0.953. The zero-order valence-corrected chi connectivity index (χ0v) is 21.1. The Morgan fingerprint density at radius 1 is 0.865 bits per heavy atom. The molecule has 8 heteroatoms. The van der Waals surface area contributed by atoms with Gasteiger partial charge in [0.1, 0.15) is 0 Å². The fourth-order valence-electron chi connectivity index (χ4n) is 4.22. The number of aliphatic imine (C=N–C) groups is 1. The van der Waals surface area contributed by atoms with E-state index < -0.39 is 5.97 Å². The molecule has 37 heavy (non-hydrogen) atoms. The molecule has 3 aromatic carbocycles. The second-order valence-corrected chi connectivity index (χ2v) is 9.13. The number of hydrogen-bond acceptors (Lipinski definition) is 4. The molecule has 4 rings (SSSR count). The summed E-state index contributed by atoms with van der Waals surface area (Å²) in [5.74, 6) is -0.221. The summed E-state index contributed by atoms with van der Waals surface area (Å²) in [4.78, 5) is 32.9. The van der Waals surface area contributed by atoms with Crippen LogP contribution in [0, 0.1) is 6.92 Å². The first-order valence-corrected chi connectivity index (χ1v) is 12.5. The minimum Gasteiger partial charge on any atom is -0.478 e. The van der Waals surface area contributed by atoms with Crippen molar-refractivity contribution >= 4 is 29.2 Å². The topological polar surface area (TPSA) is 97.3 Å². The van der Waals surface area contributed by atoms with Crippen LogP contribution in [0.25, 0.3) is 0 Å². The van der Waals surface area contributed by atoms with Crippen molar-refractivity contribution in [3.63, 3.8) is 0 Å². The van der Waals surface area contributed by atoms with Crippen LogP contribution in [0.3, 0.4) is 0 Å². The van der Waals surface area contributed by atoms with E-state index in [0.29, 0.717) is 13.1 Å². The fourth-order valence-corrected chi connectivity index (χ4v) is 4.22. The molecular formula is C29H33N5O3. The standard InChI is InChI=1S/C29H33N5O3/c1-22-6-5-9-26(20-22)31-27(35)21-33-16-18-34(19-17-33)29(30-15-14-23-7-3-2-4-8-23)32-25-12-10-24(11-13-25)28(36)37/h2-13,20H,14-19,21H2,1H3,(H,30,32)(H,31,35)(H,36,37). The van der Waals surface area contributed by atoms with Gasteiger partial charge in [0, 0.05) is 44.1 Å². The molecule has 0 unspecified atom stereocenters. The van der Waals surface area contributed by atoms with E-state index in [9.17, 15) is 14.7 Å². The number of amides is 1. The number of carboxylic acids is 1. The molecule has 1 heterocycles. The maximum Gasteiger partial charge on any atom is 0.335 e. The summed E-state index contributed by atoms with van der Waals surface area (Å²) >= 11 is 0. The van der Waals surface area contributed by atoms with Crippen LogP contribution < -0.4 is 10.6 Å². The number of carbonyl (C=O) groups is 2. The van der Waals surface area contributed by atoms with Gasteiger partial charge in [-0.25, -0.2) is 4.79 Å². The van der Waals surface area contributed by atoms with Crippen LogP contribution in [0.15, 0.2) is 83.9 Å². The first-order chi connectivity index (χ1) is 18.0. The third kappa shape index (κ3) is 7.91. The third-order valence-electron chi connectivity index (χ3n) is 6.23. The molecule has 1 amide bonds. The van der Waals surface area contributed by atoms with Crippen molar-refractivity contribution in [3.05, 3.63) is 95.6 Å². The number of hydrogen-bond donors (Lipinski definition) is 3. The third-order valence-corrected chi connectivity index (χ3v) is 6.23. The first kappa shape index (κ1) is 25.9. The summed E-state index contributed by atoms with van der Waals surface area (Å²) in [5.41, 5.74) is 4.17. The van der Waals surface area contributed by atoms with Crippen molar-refractivity contribution < 1.29 is 14.7 Å². The highest BCUT2D eigenvalue weighted by molar-refractivity contribution is 5.95. The monoisotopic (exact) mass is 499 g/mol. The van der Waals surface area contributed by atoms with Gasteiger partial charge in [0.25, 0.3) is 0 Å². The van der Waals surface area contributed by atoms with Gasteiger partial charge in [-0.3, -0.25) is 14.7 Å². The quantitative estimate of drug-likeness (QED) is 0.321. The number of piperazine rings is 1. The van der Waals surface area contributed by atoms with Gasteiger partial charge in [-0.2, -0.15) is 0 Å². The molecule has 1 fully saturated rings. The summed E-state index contributed by atoms with van der Waals surface area (Å²) in [6, 6.07) is 24.7. The molecule has 192 valence electrons. The van der Waals surface area contributed by atoms with Crippen molar-refractivity contribution in [1.82, 2.24) is 9.80 Å². The number of anilines is 2. The normalized spacial score (nSPS) is 14.3. The van der Waals surface area contributed by atoms with Crippen LogP contribution in [0.4, 0.5) is 11.4 Å². The fraction of sp³-hybridized carbons (Fsp3) is 0.276. The number of nitrogens with zero attached hydrogens (tertiary/aromatic N) is 3. The Hall–Kier alpha value is -4.17. The Kier molecular flexibility index (Phi) is 8.89. The van der Waals surface area contributed by atoms with Gasteiger partial charge in [0.05, 0.1) is 12.1 Å². The molecule has 8 nitrogen and oxygen atoms in total. The van der Waals surface area contributed by atoms with Gasteiger partial charge in [0.15, 0.2) is 5.96 Å². The van der Waals surface area contributed by atoms with E-state index in [0.717, 1.165) is 55.5 Å². The van der Waals surface area contributed by atoms with Crippen LogP contribution in [0.5, 0.6) is 0 Å². The smallest absolute Gasteiger partial charge is 0.335 e. The van der Waals surface area contributed by atoms with Gasteiger partial charge in [0.2, 0.25) is 5.91 Å². The van der Waals surface area contributed by atoms with E-state index in [1.165, 1.54) is 5.56 Å². The van der Waals surface area contributed by atoms with Gasteiger partial charge in [-0.15, -0.1) is 0 Å². The number of carboxylic acid groups (broad SMARTS) is 1. The highest BCUT2D eigenvalue weighted by Gasteiger charge is 2.22. The summed E-state index contributed by atoms with van der Waals surface area (Å²) in [7, 11) is 0. The van der Waals surface area contributed by atoms with Crippen LogP contribution in [0.1, 0.15) is 21.5 Å². The maximum atomic E-state index is 12.6. The van der Waals surface area contributed by atoms with Crippen molar-refractivity contribution in [2.45, 2.75) is 13.3 Å². The lowest BCUT2D eigenvalue weighted by atomic mass is 10.2. The highest BCUT2D eigenvalue weighted by atomic mass is 16.4. The molecule has 0 bridgehead atoms. The predicted octanol–water partition coefficient (Wildman–Crippen LogP) is 3.96. The van der Waals surface area contributed by atoms with Crippen molar-refractivity contribution in [1.29, 1.82) is 0 Å². The Morgan fingerprint density at radius 3 is 2.27 bits per heavy atom. The van der Waals surface area contributed by atoms with Crippen LogP contribution >= 0.6 is 0 Å². The number of benzene rings is 3. The molecule has 3 aromatic rings. The van der Waals surface area contributed by atoms with E-state index in [2.05, 4.69) is 32.6 Å². The molecule has 0 radical (unpaired) electrons. The Labute approximate surface area is 217 Å². The van der Waals surface area contributed by atoms with Crippen molar-refractivity contribution in [3.8, 4) is 0 Å². The van der Waals surface area contributed by atoms with Gasteiger partial charge < -0.3 is 20.6 Å². The van der Waals surface area contributed by atoms with Gasteiger partial charge in [-0.1, -0.05) is 42.5 Å². The second kappa shape index (κ2) is 12.7. The number of carbonyl (C=O) groups excluding carboxylic acids is 1. The molecule has 1 aliphatic heterocycles. The molecule has 0 aliphatic carbocycles. The molecular weight excluding hydrogens is 466 g/mol. The highest BCUT2D eigenvalue weighted by Crippen LogP contribution is 2.13. The number of aromatic carboxylic acids is 1. The number of aryl methyl sites for hydroxylation is 1. The van der Waals surface area contributed by atoms with Gasteiger partial charge in [-0.05, 0) is 60.9 Å². The van der Waals surface area contributed by atoms with E-state index in [-0.39, 0.29) is 11.5 Å². The molecule has 0 saturated carbocycles. The van der Waals surface area contributed by atoms with Crippen molar-refractivity contribution in [2.24, 2.45) is 4.99 Å². The Bertz CT molecular complexity index is 1220. The van der Waals surface area contributed by atoms with E-state index in [1.807, 2.05) is 49.4 Å². The maximum absolute atomic E-state index is 12.6. The SMILES string of the molecule is Cc1cccc(NC(=O)CN2CCN(C(=NCCc3ccccc3)Nc3ccc(C(=O)O)cc3)CC2)c1. The minimum absolute atomic E-state index is 0.0209. The van der Waals surface area contributed by atoms with Crippen LogP contribution in [-0.4, -0.2) is 72.0 Å². The summed E-state index contributed by atoms with van der Waals surface area (Å²) in [5, 5.41) is 15.5. The largest absolute Gasteiger partial charge is 0.478 e. The molecule has 0 atom stereocenters. The Morgan fingerprint density at radius 2 is 1.59 bits per heavy atom. The second-order valence-electron chi connectivity index (χ2n) is 9.13. The summed E-state index contributed by atoms with van der Waals surface area (Å²) < 4.78 is 0. The molecule has 3 N–H and O–H groups in total. The zero-order valence-electron chi connectivity index (χ0n) is 21.1. The van der Waals surface area contributed by atoms with Crippen LogP contribution in [-0.2, 0) is 11.2 Å². The van der Waals surface area contributed by atoms with E-state index in [4.69, 9.17) is 4.99 Å². The van der Waals surface area contributed by atoms with Crippen molar-refractivity contribution in [2.75, 3.05) is 49.9 Å². The summed E-state index contributed by atoms with van der Waals surface area (Å²) in [6.45, 7) is 5.88. The lowest BCUT2D eigenvalue weighted by Gasteiger charge is -2.36. The van der Waals surface area contributed by atoms with Crippen LogP contribution in [0.2, 0.25) is 0 Å². The van der Waals surface area contributed by atoms with E-state index in [1.54, 1.807) is 24.3 Å². The molecule has 1 aliphatic rings. The molecule has 1 saturated heterocycles. The average Bonchev–Trinajstić information content (AvgIpc) is 2.89. The van der Waals surface area contributed by atoms with Gasteiger partial charge >= 0.3 is 5.97 Å². The number of guanidine groups is 1. The number of nitrogens with one attached hydrogen (secondary N) is 2.